The number of halogens is 2. The molecule has 1 amide bonds. The molecule has 144 valence electrons. The van der Waals surface area contributed by atoms with Crippen LogP contribution in [0.4, 0.5) is 8.78 Å². The first kappa shape index (κ1) is 19.2. The summed E-state index contributed by atoms with van der Waals surface area (Å²) in [6, 6.07) is 2.76. The smallest absolute Gasteiger partial charge is 0.228 e. The largest absolute Gasteiger partial charge is 0.351 e. The van der Waals surface area contributed by atoms with Crippen molar-refractivity contribution in [2.24, 2.45) is 5.41 Å². The van der Waals surface area contributed by atoms with Crippen molar-refractivity contribution in [2.75, 3.05) is 12.3 Å². The summed E-state index contributed by atoms with van der Waals surface area (Å²) in [4.78, 5) is 13.0. The van der Waals surface area contributed by atoms with Crippen molar-refractivity contribution in [3.05, 3.63) is 35.4 Å². The molecule has 3 rings (SSSR count). The third kappa shape index (κ3) is 3.36. The second-order valence-corrected chi connectivity index (χ2v) is 9.15. The molecule has 2 atom stereocenters. The molecular weight excluding hydrogens is 362 g/mol. The minimum absolute atomic E-state index is 0.0565. The van der Waals surface area contributed by atoms with Gasteiger partial charge in [0.25, 0.3) is 0 Å². The van der Waals surface area contributed by atoms with Crippen LogP contribution in [0, 0.1) is 17.0 Å². The number of fused-ring (bicyclic) bond motifs is 1. The van der Waals surface area contributed by atoms with Gasteiger partial charge in [0.1, 0.15) is 11.6 Å². The van der Waals surface area contributed by atoms with Gasteiger partial charge >= 0.3 is 0 Å². The maximum absolute atomic E-state index is 13.8. The van der Waals surface area contributed by atoms with Crippen LogP contribution < -0.4 is 5.32 Å². The van der Waals surface area contributed by atoms with E-state index in [-0.39, 0.29) is 36.2 Å². The predicted molar refractivity (Wildman–Crippen MR) is 93.7 cm³/mol. The van der Waals surface area contributed by atoms with Gasteiger partial charge in [-0.15, -0.1) is 0 Å². The number of carbonyl (C=O) groups excluding carboxylic acids is 1. The molecule has 26 heavy (non-hydrogen) atoms. The van der Waals surface area contributed by atoms with Gasteiger partial charge in [0.05, 0.1) is 11.2 Å². The van der Waals surface area contributed by atoms with E-state index >= 15 is 0 Å². The molecular formula is C18H24F2N2O3S. The second kappa shape index (κ2) is 7.23. The number of nitrogens with one attached hydrogen (secondary N) is 1. The van der Waals surface area contributed by atoms with Crippen LogP contribution in [0.5, 0.6) is 0 Å². The summed E-state index contributed by atoms with van der Waals surface area (Å²) in [6.07, 6.45) is 3.27. The Kier molecular flexibility index (Phi) is 5.35. The van der Waals surface area contributed by atoms with Crippen molar-refractivity contribution in [3.8, 4) is 0 Å². The van der Waals surface area contributed by atoms with Gasteiger partial charge < -0.3 is 5.32 Å². The number of nitrogens with zero attached hydrogens (tertiary/aromatic N) is 1. The molecule has 0 spiro atoms. The highest BCUT2D eigenvalue weighted by atomic mass is 32.2. The molecule has 5 nitrogen and oxygen atoms in total. The molecule has 1 N–H and O–H groups in total. The fourth-order valence-electron chi connectivity index (χ4n) is 4.38. The van der Waals surface area contributed by atoms with Crippen LogP contribution in [-0.2, 0) is 21.4 Å². The minimum atomic E-state index is -3.35. The summed E-state index contributed by atoms with van der Waals surface area (Å²) < 4.78 is 53.4. The molecule has 1 saturated heterocycles. The normalized spacial score (nSPS) is 28.3. The van der Waals surface area contributed by atoms with Gasteiger partial charge in [0, 0.05) is 24.7 Å². The number of sulfonamides is 1. The van der Waals surface area contributed by atoms with E-state index < -0.39 is 27.1 Å². The average Bonchev–Trinajstić information content (AvgIpc) is 2.61. The van der Waals surface area contributed by atoms with Crippen LogP contribution in [0.2, 0.25) is 0 Å². The molecule has 0 aromatic heterocycles. The predicted octanol–water partition coefficient (Wildman–Crippen LogP) is 2.57. The van der Waals surface area contributed by atoms with Crippen molar-refractivity contribution in [1.82, 2.24) is 9.62 Å². The first-order valence-corrected chi connectivity index (χ1v) is 10.6. The topological polar surface area (TPSA) is 66.5 Å². The summed E-state index contributed by atoms with van der Waals surface area (Å²) in [5.41, 5.74) is -0.707. The first-order valence-electron chi connectivity index (χ1n) is 9.02. The Hall–Kier alpha value is -1.54. The van der Waals surface area contributed by atoms with Crippen molar-refractivity contribution in [3.63, 3.8) is 0 Å². The number of amides is 1. The standard InChI is InChI=1S/C18H24F2N2O3S/c1-2-22-16-5-3-4-8-18(16,9-10-26(22,24)25)17(23)21-12-13-11-14(19)6-7-15(13)20/h6-7,11,16H,2-5,8-10,12H2,1H3,(H,21,23)/t16-,18-/m1/s1. The number of carbonyl (C=O) groups is 1. The number of hydrogen-bond acceptors (Lipinski definition) is 3. The van der Waals surface area contributed by atoms with Crippen LogP contribution in [0.1, 0.15) is 44.6 Å². The molecule has 1 saturated carbocycles. The van der Waals surface area contributed by atoms with Crippen molar-refractivity contribution < 1.29 is 22.0 Å². The Morgan fingerprint density at radius 1 is 1.31 bits per heavy atom. The van der Waals surface area contributed by atoms with Gasteiger partial charge in [-0.1, -0.05) is 19.8 Å². The molecule has 1 aliphatic heterocycles. The summed E-state index contributed by atoms with van der Waals surface area (Å²) in [5, 5.41) is 2.73. The van der Waals surface area contributed by atoms with E-state index in [9.17, 15) is 22.0 Å². The highest BCUT2D eigenvalue weighted by molar-refractivity contribution is 7.89. The maximum atomic E-state index is 13.8. The highest BCUT2D eigenvalue weighted by Gasteiger charge is 2.54. The zero-order valence-electron chi connectivity index (χ0n) is 14.8. The van der Waals surface area contributed by atoms with Crippen LogP contribution in [0.3, 0.4) is 0 Å². The molecule has 1 aromatic rings. The van der Waals surface area contributed by atoms with Crippen molar-refractivity contribution >= 4 is 15.9 Å². The maximum Gasteiger partial charge on any atom is 0.228 e. The molecule has 2 aliphatic rings. The summed E-state index contributed by atoms with van der Waals surface area (Å²) >= 11 is 0. The Balaban J connectivity index is 1.83. The number of rotatable bonds is 4. The fraction of sp³-hybridized carbons (Fsp3) is 0.611. The molecule has 2 fully saturated rings. The molecule has 0 unspecified atom stereocenters. The van der Waals surface area contributed by atoms with E-state index in [1.54, 1.807) is 6.92 Å². The van der Waals surface area contributed by atoms with E-state index in [1.807, 2.05) is 0 Å². The van der Waals surface area contributed by atoms with Crippen molar-refractivity contribution in [2.45, 2.75) is 51.6 Å². The Morgan fingerprint density at radius 3 is 2.81 bits per heavy atom. The number of benzene rings is 1. The quantitative estimate of drug-likeness (QED) is 0.865. The SMILES string of the molecule is CCN1[C@@H]2CCCC[C@@]2(C(=O)NCc2cc(F)ccc2F)CCS1(=O)=O. The van der Waals surface area contributed by atoms with Crippen LogP contribution in [0.25, 0.3) is 0 Å². The Bertz CT molecular complexity index is 800. The minimum Gasteiger partial charge on any atom is -0.351 e. The van der Waals surface area contributed by atoms with Gasteiger partial charge in [0.2, 0.25) is 15.9 Å². The third-order valence-electron chi connectivity index (χ3n) is 5.71. The van der Waals surface area contributed by atoms with Crippen LogP contribution in [0.15, 0.2) is 18.2 Å². The Labute approximate surface area is 152 Å². The zero-order valence-corrected chi connectivity index (χ0v) is 15.6. The fourth-order valence-corrected chi connectivity index (χ4v) is 6.33. The molecule has 1 heterocycles. The highest BCUT2D eigenvalue weighted by Crippen LogP contribution is 2.46. The molecule has 8 heteroatoms. The van der Waals surface area contributed by atoms with E-state index in [1.165, 1.54) is 4.31 Å². The monoisotopic (exact) mass is 386 g/mol. The van der Waals surface area contributed by atoms with Crippen molar-refractivity contribution in [1.29, 1.82) is 0 Å². The van der Waals surface area contributed by atoms with Gasteiger partial charge in [-0.3, -0.25) is 4.79 Å². The molecule has 0 radical (unpaired) electrons. The summed E-state index contributed by atoms with van der Waals surface area (Å²) in [5.74, 6) is -1.46. The summed E-state index contributed by atoms with van der Waals surface area (Å²) in [6.45, 7) is 2.00. The first-order chi connectivity index (χ1) is 12.3. The van der Waals surface area contributed by atoms with Gasteiger partial charge in [-0.2, -0.15) is 4.31 Å². The lowest BCUT2D eigenvalue weighted by atomic mass is 9.67. The molecule has 1 aromatic carbocycles. The average molecular weight is 386 g/mol. The van der Waals surface area contributed by atoms with Crippen LogP contribution in [-0.4, -0.2) is 37.0 Å². The van der Waals surface area contributed by atoms with E-state index in [0.29, 0.717) is 19.4 Å². The molecule has 1 aliphatic carbocycles. The van der Waals surface area contributed by atoms with E-state index in [4.69, 9.17) is 0 Å². The van der Waals surface area contributed by atoms with Gasteiger partial charge in [0.15, 0.2) is 0 Å². The second-order valence-electron chi connectivity index (χ2n) is 7.11. The zero-order chi connectivity index (χ0) is 18.9. The van der Waals surface area contributed by atoms with E-state index in [0.717, 1.165) is 31.0 Å². The van der Waals surface area contributed by atoms with Gasteiger partial charge in [-0.05, 0) is 37.5 Å². The van der Waals surface area contributed by atoms with Gasteiger partial charge in [-0.25, -0.2) is 17.2 Å². The lowest BCUT2D eigenvalue weighted by molar-refractivity contribution is -0.137. The Morgan fingerprint density at radius 2 is 2.08 bits per heavy atom. The van der Waals surface area contributed by atoms with E-state index in [2.05, 4.69) is 5.32 Å². The lowest BCUT2D eigenvalue weighted by Gasteiger charge is -2.50. The number of hydrogen-bond donors (Lipinski definition) is 1. The summed E-state index contributed by atoms with van der Waals surface area (Å²) in [7, 11) is -3.35. The lowest BCUT2D eigenvalue weighted by Crippen LogP contribution is -2.62. The van der Waals surface area contributed by atoms with Crippen LogP contribution >= 0.6 is 0 Å². The molecule has 0 bridgehead atoms. The third-order valence-corrected chi connectivity index (χ3v) is 7.66.